The zero-order chi connectivity index (χ0) is 18.6. The molecule has 2 aromatic rings. The minimum Gasteiger partial charge on any atom is -0.375 e. The molecular weight excluding hydrogens is 326 g/mol. The second kappa shape index (κ2) is 7.67. The van der Waals surface area contributed by atoms with E-state index in [1.807, 2.05) is 49.4 Å². The molecule has 0 aliphatic carbocycles. The van der Waals surface area contributed by atoms with E-state index in [4.69, 9.17) is 0 Å². The Morgan fingerprint density at radius 3 is 2.54 bits per heavy atom. The maximum Gasteiger partial charge on any atom is 0.264 e. The number of ketones is 1. The number of nitrogens with zero attached hydrogens (tertiary/aromatic N) is 1. The molecule has 4 heteroatoms. The van der Waals surface area contributed by atoms with Gasteiger partial charge in [0.05, 0.1) is 18.7 Å². The van der Waals surface area contributed by atoms with Gasteiger partial charge in [0.15, 0.2) is 11.4 Å². The fourth-order valence-electron chi connectivity index (χ4n) is 3.29. The number of para-hydroxylation sites is 1. The van der Waals surface area contributed by atoms with Crippen LogP contribution in [0.25, 0.3) is 0 Å². The molecular formula is C22H23NO3. The van der Waals surface area contributed by atoms with E-state index in [1.165, 1.54) is 6.08 Å². The van der Waals surface area contributed by atoms with Gasteiger partial charge in [-0.05, 0) is 24.1 Å². The molecule has 1 atom stereocenters. The Bertz CT molecular complexity index is 828. The van der Waals surface area contributed by atoms with Crippen LogP contribution >= 0.6 is 0 Å². The zero-order valence-electron chi connectivity index (χ0n) is 14.9. The van der Waals surface area contributed by atoms with Crippen LogP contribution in [0.1, 0.15) is 37.3 Å². The van der Waals surface area contributed by atoms with Crippen LogP contribution in [-0.2, 0) is 21.7 Å². The zero-order valence-corrected chi connectivity index (χ0v) is 14.9. The molecule has 1 aliphatic rings. The summed E-state index contributed by atoms with van der Waals surface area (Å²) in [4.78, 5) is 26.9. The molecule has 4 nitrogen and oxygen atoms in total. The van der Waals surface area contributed by atoms with Gasteiger partial charge in [0, 0.05) is 5.56 Å². The van der Waals surface area contributed by atoms with Crippen molar-refractivity contribution in [1.82, 2.24) is 0 Å². The van der Waals surface area contributed by atoms with Crippen molar-refractivity contribution in [2.45, 2.75) is 38.3 Å². The lowest BCUT2D eigenvalue weighted by Crippen LogP contribution is -2.41. The van der Waals surface area contributed by atoms with Crippen LogP contribution in [0.3, 0.4) is 0 Å². The van der Waals surface area contributed by atoms with E-state index in [-0.39, 0.29) is 12.2 Å². The van der Waals surface area contributed by atoms with Gasteiger partial charge in [0.1, 0.15) is 0 Å². The van der Waals surface area contributed by atoms with Crippen molar-refractivity contribution in [3.63, 3.8) is 0 Å². The molecule has 0 fully saturated rings. The Hall–Kier alpha value is -2.72. The molecule has 2 aromatic carbocycles. The second-order valence-corrected chi connectivity index (χ2v) is 6.59. The first-order chi connectivity index (χ1) is 12.6. The summed E-state index contributed by atoms with van der Waals surface area (Å²) in [5.41, 5.74) is 0.320. The third kappa shape index (κ3) is 3.46. The third-order valence-electron chi connectivity index (χ3n) is 4.61. The van der Waals surface area contributed by atoms with Gasteiger partial charge in [0.2, 0.25) is 0 Å². The summed E-state index contributed by atoms with van der Waals surface area (Å²) in [5.74, 6) is -0.689. The number of aliphatic hydroxyl groups is 1. The summed E-state index contributed by atoms with van der Waals surface area (Å²) in [6.45, 7) is 2.39. The number of unbranched alkanes of at least 4 members (excludes halogenated alkanes) is 1. The Morgan fingerprint density at radius 2 is 1.81 bits per heavy atom. The highest BCUT2D eigenvalue weighted by atomic mass is 16.3. The molecule has 0 bridgehead atoms. The summed E-state index contributed by atoms with van der Waals surface area (Å²) in [6.07, 6.45) is 4.76. The SMILES string of the molecule is CCC/C=C/C(=O)C[C@]1(O)C(=O)N(Cc2ccccc2)c2ccccc21. The molecule has 3 rings (SSSR count). The summed E-state index contributed by atoms with van der Waals surface area (Å²) in [7, 11) is 0. The maximum absolute atomic E-state index is 13.1. The van der Waals surface area contributed by atoms with Gasteiger partial charge in [-0.15, -0.1) is 0 Å². The largest absolute Gasteiger partial charge is 0.375 e. The first-order valence-corrected chi connectivity index (χ1v) is 8.93. The summed E-state index contributed by atoms with van der Waals surface area (Å²) in [5, 5.41) is 11.1. The number of rotatable bonds is 7. The third-order valence-corrected chi connectivity index (χ3v) is 4.61. The summed E-state index contributed by atoms with van der Waals surface area (Å²) < 4.78 is 0. The Balaban J connectivity index is 1.90. The van der Waals surface area contributed by atoms with Crippen molar-refractivity contribution in [3.05, 3.63) is 77.9 Å². The van der Waals surface area contributed by atoms with Crippen molar-refractivity contribution >= 4 is 17.4 Å². The average Bonchev–Trinajstić information content (AvgIpc) is 2.85. The second-order valence-electron chi connectivity index (χ2n) is 6.59. The van der Waals surface area contributed by atoms with Crippen LogP contribution in [0.15, 0.2) is 66.7 Å². The van der Waals surface area contributed by atoms with Crippen molar-refractivity contribution < 1.29 is 14.7 Å². The lowest BCUT2D eigenvalue weighted by atomic mass is 9.90. The quantitative estimate of drug-likeness (QED) is 0.775. The molecule has 1 aliphatic heterocycles. The van der Waals surface area contributed by atoms with Crippen LogP contribution in [0.4, 0.5) is 5.69 Å². The predicted molar refractivity (Wildman–Crippen MR) is 102 cm³/mol. The molecule has 1 N–H and O–H groups in total. The van der Waals surface area contributed by atoms with Gasteiger partial charge in [-0.1, -0.05) is 68.0 Å². The molecule has 0 unspecified atom stereocenters. The van der Waals surface area contributed by atoms with Gasteiger partial charge in [-0.2, -0.15) is 0 Å². The number of carbonyl (C=O) groups excluding carboxylic acids is 2. The molecule has 1 heterocycles. The van der Waals surface area contributed by atoms with Crippen molar-refractivity contribution in [2.75, 3.05) is 4.90 Å². The van der Waals surface area contributed by atoms with Crippen LogP contribution in [-0.4, -0.2) is 16.8 Å². The minimum absolute atomic E-state index is 0.242. The monoisotopic (exact) mass is 349 g/mol. The minimum atomic E-state index is -1.81. The molecule has 0 spiro atoms. The van der Waals surface area contributed by atoms with Gasteiger partial charge in [0.25, 0.3) is 5.91 Å². The van der Waals surface area contributed by atoms with Crippen LogP contribution in [0, 0.1) is 0 Å². The van der Waals surface area contributed by atoms with Gasteiger partial charge in [-0.25, -0.2) is 0 Å². The van der Waals surface area contributed by atoms with Gasteiger partial charge >= 0.3 is 0 Å². The lowest BCUT2D eigenvalue weighted by Gasteiger charge is -2.22. The topological polar surface area (TPSA) is 57.6 Å². The highest BCUT2D eigenvalue weighted by molar-refractivity contribution is 6.09. The average molecular weight is 349 g/mol. The number of fused-ring (bicyclic) bond motifs is 1. The fraction of sp³-hybridized carbons (Fsp3) is 0.273. The van der Waals surface area contributed by atoms with Crippen molar-refractivity contribution in [2.24, 2.45) is 0 Å². The number of hydrogen-bond donors (Lipinski definition) is 1. The van der Waals surface area contributed by atoms with Gasteiger partial charge < -0.3 is 10.0 Å². The van der Waals surface area contributed by atoms with Crippen molar-refractivity contribution in [1.29, 1.82) is 0 Å². The van der Waals surface area contributed by atoms with E-state index in [2.05, 4.69) is 0 Å². The molecule has 26 heavy (non-hydrogen) atoms. The van der Waals surface area contributed by atoms with E-state index in [0.717, 1.165) is 18.4 Å². The highest BCUT2D eigenvalue weighted by Gasteiger charge is 2.50. The number of amides is 1. The molecule has 0 saturated carbocycles. The van der Waals surface area contributed by atoms with Gasteiger partial charge in [-0.3, -0.25) is 9.59 Å². The number of hydrogen-bond acceptors (Lipinski definition) is 3. The highest BCUT2D eigenvalue weighted by Crippen LogP contribution is 2.43. The fourth-order valence-corrected chi connectivity index (χ4v) is 3.29. The van der Waals surface area contributed by atoms with Crippen molar-refractivity contribution in [3.8, 4) is 0 Å². The normalized spacial score (nSPS) is 19.2. The Kier molecular flexibility index (Phi) is 5.33. The van der Waals surface area contributed by atoms with E-state index in [1.54, 1.807) is 23.1 Å². The first-order valence-electron chi connectivity index (χ1n) is 8.93. The number of allylic oxidation sites excluding steroid dienone is 2. The van der Waals surface area contributed by atoms with Crippen LogP contribution in [0.5, 0.6) is 0 Å². The lowest BCUT2D eigenvalue weighted by molar-refractivity contribution is -0.140. The number of anilines is 1. The summed E-state index contributed by atoms with van der Waals surface area (Å²) >= 11 is 0. The Labute approximate surface area is 153 Å². The molecule has 134 valence electrons. The molecule has 0 saturated heterocycles. The first kappa shape index (κ1) is 18.1. The van der Waals surface area contributed by atoms with E-state index in [9.17, 15) is 14.7 Å². The summed E-state index contributed by atoms with van der Waals surface area (Å²) in [6, 6.07) is 16.8. The predicted octanol–water partition coefficient (Wildman–Crippen LogP) is 3.74. The number of carbonyl (C=O) groups is 2. The smallest absolute Gasteiger partial charge is 0.264 e. The molecule has 1 amide bonds. The standard InChI is InChI=1S/C22H23NO3/c1-2-3-5-12-18(24)15-22(26)19-13-8-9-14-20(19)23(21(22)25)16-17-10-6-4-7-11-17/h4-14,26H,2-3,15-16H2,1H3/b12-5+/t22-/m1/s1. The maximum atomic E-state index is 13.1. The molecule has 0 aromatic heterocycles. The van der Waals surface area contributed by atoms with E-state index in [0.29, 0.717) is 17.8 Å². The van der Waals surface area contributed by atoms with Crippen LogP contribution < -0.4 is 4.90 Å². The molecule has 0 radical (unpaired) electrons. The van der Waals surface area contributed by atoms with E-state index >= 15 is 0 Å². The number of benzene rings is 2. The Morgan fingerprint density at radius 1 is 1.12 bits per heavy atom. The van der Waals surface area contributed by atoms with E-state index < -0.39 is 11.5 Å². The van der Waals surface area contributed by atoms with Crippen LogP contribution in [0.2, 0.25) is 0 Å².